The number of ether oxygens (including phenoxy) is 1. The largest absolute Gasteiger partial charge is 0.467 e. The van der Waals surface area contributed by atoms with Crippen molar-refractivity contribution < 1.29 is 23.9 Å². The molecule has 0 aliphatic carbocycles. The standard InChI is InChI=1S/C21H26N2O5S/c1-12(2)9-17(21(27)28-3)22-11-13(29-4)10-16(20(22)26)23-18(24)14-7-5-6-8-15(14)19(23)25/h5-8,12-13,16-17H,9-11H2,1-4H3/t13-,16-,17-/m0/s1. The molecule has 3 amide bonds. The van der Waals surface area contributed by atoms with Crippen molar-refractivity contribution in [1.82, 2.24) is 9.80 Å². The molecule has 2 aliphatic rings. The number of hydrogen-bond acceptors (Lipinski definition) is 6. The number of thioether (sulfide) groups is 1. The molecular weight excluding hydrogens is 392 g/mol. The van der Waals surface area contributed by atoms with Crippen molar-refractivity contribution in [2.24, 2.45) is 5.92 Å². The molecule has 1 aromatic carbocycles. The highest BCUT2D eigenvalue weighted by Gasteiger charge is 2.49. The van der Waals surface area contributed by atoms with Gasteiger partial charge in [0.25, 0.3) is 11.8 Å². The van der Waals surface area contributed by atoms with Crippen LogP contribution in [-0.2, 0) is 14.3 Å². The zero-order chi connectivity index (χ0) is 21.3. The normalized spacial score (nSPS) is 22.9. The van der Waals surface area contributed by atoms with Gasteiger partial charge in [-0.05, 0) is 37.1 Å². The summed E-state index contributed by atoms with van der Waals surface area (Å²) in [4.78, 5) is 54.3. The molecule has 3 rings (SSSR count). The summed E-state index contributed by atoms with van der Waals surface area (Å²) in [5.41, 5.74) is 0.629. The second kappa shape index (κ2) is 8.57. The average Bonchev–Trinajstić information content (AvgIpc) is 2.96. The molecule has 8 heteroatoms. The van der Waals surface area contributed by atoms with Gasteiger partial charge in [0, 0.05) is 11.8 Å². The van der Waals surface area contributed by atoms with Crippen molar-refractivity contribution >= 4 is 35.5 Å². The summed E-state index contributed by atoms with van der Waals surface area (Å²) in [6, 6.07) is 4.94. The summed E-state index contributed by atoms with van der Waals surface area (Å²) in [6.45, 7) is 4.32. The van der Waals surface area contributed by atoms with Gasteiger partial charge in [0.15, 0.2) is 0 Å². The van der Waals surface area contributed by atoms with Gasteiger partial charge in [-0.15, -0.1) is 0 Å². The monoisotopic (exact) mass is 418 g/mol. The molecule has 1 aromatic rings. The highest BCUT2D eigenvalue weighted by Crippen LogP contribution is 2.33. The Balaban J connectivity index is 1.95. The Morgan fingerprint density at radius 1 is 1.17 bits per heavy atom. The first-order valence-corrected chi connectivity index (χ1v) is 11.0. The van der Waals surface area contributed by atoms with E-state index in [2.05, 4.69) is 0 Å². The van der Waals surface area contributed by atoms with Crippen molar-refractivity contribution in [1.29, 1.82) is 0 Å². The predicted molar refractivity (Wildman–Crippen MR) is 110 cm³/mol. The van der Waals surface area contributed by atoms with Gasteiger partial charge >= 0.3 is 5.97 Å². The second-order valence-electron chi connectivity index (χ2n) is 7.79. The van der Waals surface area contributed by atoms with Gasteiger partial charge < -0.3 is 9.64 Å². The highest BCUT2D eigenvalue weighted by molar-refractivity contribution is 7.99. The minimum atomic E-state index is -0.923. The fourth-order valence-corrected chi connectivity index (χ4v) is 4.70. The number of amides is 3. The lowest BCUT2D eigenvalue weighted by Gasteiger charge is -2.42. The van der Waals surface area contributed by atoms with Crippen molar-refractivity contribution in [3.63, 3.8) is 0 Å². The van der Waals surface area contributed by atoms with Gasteiger partial charge in [0.05, 0.1) is 18.2 Å². The van der Waals surface area contributed by atoms with Crippen LogP contribution in [0.25, 0.3) is 0 Å². The van der Waals surface area contributed by atoms with E-state index in [1.54, 1.807) is 36.0 Å². The van der Waals surface area contributed by atoms with Crippen molar-refractivity contribution in [3.8, 4) is 0 Å². The van der Waals surface area contributed by atoms with Crippen molar-refractivity contribution in [3.05, 3.63) is 35.4 Å². The zero-order valence-electron chi connectivity index (χ0n) is 17.1. The first-order valence-electron chi connectivity index (χ1n) is 9.68. The number of methoxy groups -OCH3 is 1. The molecule has 0 saturated carbocycles. The van der Waals surface area contributed by atoms with Crippen LogP contribution >= 0.6 is 11.8 Å². The lowest BCUT2D eigenvalue weighted by atomic mass is 9.96. The molecule has 0 N–H and O–H groups in total. The summed E-state index contributed by atoms with van der Waals surface area (Å²) < 4.78 is 4.95. The van der Waals surface area contributed by atoms with Gasteiger partial charge in [-0.1, -0.05) is 26.0 Å². The van der Waals surface area contributed by atoms with E-state index >= 15 is 0 Å². The summed E-state index contributed by atoms with van der Waals surface area (Å²) in [5, 5.41) is 0.00123. The maximum absolute atomic E-state index is 13.4. The van der Waals surface area contributed by atoms with Crippen LogP contribution in [0.3, 0.4) is 0 Å². The van der Waals surface area contributed by atoms with Crippen molar-refractivity contribution in [2.75, 3.05) is 19.9 Å². The minimum Gasteiger partial charge on any atom is -0.467 e. The fraction of sp³-hybridized carbons (Fsp3) is 0.524. The molecule has 29 heavy (non-hydrogen) atoms. The predicted octanol–water partition coefficient (Wildman–Crippen LogP) is 2.20. The van der Waals surface area contributed by atoms with E-state index in [1.807, 2.05) is 20.1 Å². The van der Waals surface area contributed by atoms with E-state index in [-0.39, 0.29) is 17.1 Å². The zero-order valence-corrected chi connectivity index (χ0v) is 17.9. The summed E-state index contributed by atoms with van der Waals surface area (Å²) in [5.74, 6) is -1.59. The maximum Gasteiger partial charge on any atom is 0.328 e. The molecule has 0 bridgehead atoms. The number of imide groups is 1. The number of esters is 1. The number of hydrogen-bond donors (Lipinski definition) is 0. The molecule has 0 spiro atoms. The summed E-state index contributed by atoms with van der Waals surface area (Å²) in [7, 11) is 1.30. The molecule has 0 radical (unpaired) electrons. The van der Waals surface area contributed by atoms with Crippen LogP contribution in [0.15, 0.2) is 24.3 Å². The second-order valence-corrected chi connectivity index (χ2v) is 8.93. The molecular formula is C21H26N2O5S. The Bertz CT molecular complexity index is 805. The van der Waals surface area contributed by atoms with E-state index in [1.165, 1.54) is 12.0 Å². The number of carbonyl (C=O) groups is 4. The lowest BCUT2D eigenvalue weighted by molar-refractivity contribution is -0.156. The number of benzene rings is 1. The topological polar surface area (TPSA) is 84.0 Å². The summed E-state index contributed by atoms with van der Waals surface area (Å²) in [6.07, 6.45) is 2.75. The molecule has 1 fully saturated rings. The highest BCUT2D eigenvalue weighted by atomic mass is 32.2. The van der Waals surface area contributed by atoms with Gasteiger partial charge in [-0.25, -0.2) is 4.79 Å². The Kier molecular flexibility index (Phi) is 6.31. The minimum absolute atomic E-state index is 0.00123. The molecule has 2 aliphatic heterocycles. The number of carbonyl (C=O) groups excluding carboxylic acids is 4. The van der Waals surface area contributed by atoms with Crippen LogP contribution in [0.5, 0.6) is 0 Å². The molecule has 0 aromatic heterocycles. The van der Waals surface area contributed by atoms with Gasteiger partial charge in [-0.2, -0.15) is 11.8 Å². The van der Waals surface area contributed by atoms with Gasteiger partial charge in [0.1, 0.15) is 12.1 Å². The van der Waals surface area contributed by atoms with Gasteiger partial charge in [-0.3, -0.25) is 19.3 Å². The molecule has 2 heterocycles. The molecule has 156 valence electrons. The first-order chi connectivity index (χ1) is 13.8. The average molecular weight is 419 g/mol. The van der Waals surface area contributed by atoms with Crippen molar-refractivity contribution in [2.45, 2.75) is 44.0 Å². The van der Waals surface area contributed by atoms with E-state index in [0.717, 1.165) is 4.90 Å². The third-order valence-electron chi connectivity index (χ3n) is 5.47. The maximum atomic E-state index is 13.4. The Morgan fingerprint density at radius 2 is 1.76 bits per heavy atom. The third kappa shape index (κ3) is 3.90. The van der Waals surface area contributed by atoms with Gasteiger partial charge in [0.2, 0.25) is 5.91 Å². The van der Waals surface area contributed by atoms with Crippen LogP contribution in [0, 0.1) is 5.92 Å². The number of rotatable bonds is 6. The molecule has 1 saturated heterocycles. The van der Waals surface area contributed by atoms with E-state index < -0.39 is 29.9 Å². The lowest BCUT2D eigenvalue weighted by Crippen LogP contribution is -2.61. The number of nitrogens with zero attached hydrogens (tertiary/aromatic N) is 2. The fourth-order valence-electron chi connectivity index (χ4n) is 4.02. The smallest absolute Gasteiger partial charge is 0.328 e. The first kappa shape index (κ1) is 21.4. The summed E-state index contributed by atoms with van der Waals surface area (Å²) >= 11 is 1.56. The van der Waals surface area contributed by atoms with Crippen LogP contribution in [0.1, 0.15) is 47.4 Å². The SMILES string of the molecule is COC(=O)[C@H](CC(C)C)N1C[C@@H](SC)C[C@H](N2C(=O)c3ccccc3C2=O)C1=O. The Hall–Kier alpha value is -2.35. The number of fused-ring (bicyclic) bond motifs is 1. The van der Waals surface area contributed by atoms with E-state index in [0.29, 0.717) is 30.5 Å². The molecule has 7 nitrogen and oxygen atoms in total. The van der Waals surface area contributed by atoms with E-state index in [9.17, 15) is 19.2 Å². The van der Waals surface area contributed by atoms with E-state index in [4.69, 9.17) is 4.74 Å². The Morgan fingerprint density at radius 3 is 2.24 bits per heavy atom. The molecule has 0 unspecified atom stereocenters. The third-order valence-corrected chi connectivity index (χ3v) is 6.48. The number of piperidine rings is 1. The van der Waals surface area contributed by atoms with Crippen LogP contribution in [0.2, 0.25) is 0 Å². The molecule has 3 atom stereocenters. The quantitative estimate of drug-likeness (QED) is 0.520. The Labute approximate surface area is 174 Å². The van der Waals surface area contributed by atoms with Crippen LogP contribution < -0.4 is 0 Å². The van der Waals surface area contributed by atoms with Crippen LogP contribution in [0.4, 0.5) is 0 Å². The number of likely N-dealkylation sites (tertiary alicyclic amines) is 1. The van der Waals surface area contributed by atoms with Crippen LogP contribution in [-0.4, -0.2) is 70.7 Å².